The van der Waals surface area contributed by atoms with Crippen LogP contribution in [0, 0.1) is 12.7 Å². The van der Waals surface area contributed by atoms with E-state index >= 15 is 0 Å². The number of carboxylic acid groups (broad SMARTS) is 1. The second kappa shape index (κ2) is 5.52. The minimum Gasteiger partial charge on any atom is -0.485 e. The first-order valence-corrected chi connectivity index (χ1v) is 5.78. The van der Waals surface area contributed by atoms with Crippen molar-refractivity contribution in [3.8, 4) is 5.75 Å². The lowest BCUT2D eigenvalue weighted by molar-refractivity contribution is 0.0690. The van der Waals surface area contributed by atoms with Crippen molar-refractivity contribution in [3.05, 3.63) is 65.0 Å². The second-order valence-corrected chi connectivity index (χ2v) is 4.20. The Kier molecular flexibility index (Phi) is 3.80. The summed E-state index contributed by atoms with van der Waals surface area (Å²) < 4.78 is 18.9. The molecule has 0 heterocycles. The summed E-state index contributed by atoms with van der Waals surface area (Å²) in [6.45, 7) is 2.09. The molecule has 0 unspecified atom stereocenters. The van der Waals surface area contributed by atoms with Crippen molar-refractivity contribution in [1.29, 1.82) is 0 Å². The van der Waals surface area contributed by atoms with E-state index in [1.807, 2.05) is 31.2 Å². The van der Waals surface area contributed by atoms with Crippen LogP contribution in [-0.4, -0.2) is 11.1 Å². The molecule has 1 N–H and O–H groups in total. The van der Waals surface area contributed by atoms with Crippen LogP contribution in [0.1, 0.15) is 21.5 Å². The first-order valence-electron chi connectivity index (χ1n) is 5.78. The Morgan fingerprint density at radius 1 is 1.21 bits per heavy atom. The zero-order valence-electron chi connectivity index (χ0n) is 10.4. The van der Waals surface area contributed by atoms with Crippen molar-refractivity contribution in [2.24, 2.45) is 0 Å². The Labute approximate surface area is 110 Å². The highest BCUT2D eigenvalue weighted by molar-refractivity contribution is 5.90. The van der Waals surface area contributed by atoms with Gasteiger partial charge in [0, 0.05) is 0 Å². The quantitative estimate of drug-likeness (QED) is 0.916. The maximum absolute atomic E-state index is 13.6. The average molecular weight is 260 g/mol. The number of aromatic carboxylic acids is 1. The predicted octanol–water partition coefficient (Wildman–Crippen LogP) is 3.41. The van der Waals surface area contributed by atoms with Gasteiger partial charge in [0.25, 0.3) is 0 Å². The molecule has 0 amide bonds. The molecule has 2 aromatic carbocycles. The summed E-state index contributed by atoms with van der Waals surface area (Å²) in [4.78, 5) is 11.0. The van der Waals surface area contributed by atoms with Gasteiger partial charge in [0.05, 0.1) is 0 Å². The Hall–Kier alpha value is -2.36. The number of hydrogen-bond donors (Lipinski definition) is 1. The fourth-order valence-corrected chi connectivity index (χ4v) is 1.66. The largest absolute Gasteiger partial charge is 0.485 e. The van der Waals surface area contributed by atoms with Crippen LogP contribution >= 0.6 is 0 Å². The molecule has 0 radical (unpaired) electrons. The summed E-state index contributed by atoms with van der Waals surface area (Å²) in [7, 11) is 0. The van der Waals surface area contributed by atoms with Gasteiger partial charge in [0.15, 0.2) is 11.6 Å². The molecule has 0 aliphatic carbocycles. The summed E-state index contributed by atoms with van der Waals surface area (Å²) in [6.07, 6.45) is 0. The van der Waals surface area contributed by atoms with Crippen LogP contribution in [0.2, 0.25) is 0 Å². The Bertz CT molecular complexity index is 591. The molecule has 0 spiro atoms. The molecule has 0 saturated carbocycles. The summed E-state index contributed by atoms with van der Waals surface area (Å²) in [5.41, 5.74) is 1.79. The molecule has 2 aromatic rings. The van der Waals surface area contributed by atoms with Crippen LogP contribution in [0.5, 0.6) is 5.75 Å². The van der Waals surface area contributed by atoms with Crippen LogP contribution in [0.4, 0.5) is 4.39 Å². The number of carboxylic acids is 1. The van der Waals surface area contributed by atoms with Crippen LogP contribution in [0.25, 0.3) is 0 Å². The number of para-hydroxylation sites is 1. The third-order valence-electron chi connectivity index (χ3n) is 2.70. The average Bonchev–Trinajstić information content (AvgIpc) is 2.39. The van der Waals surface area contributed by atoms with Crippen molar-refractivity contribution in [2.45, 2.75) is 13.5 Å². The molecule has 2 rings (SSSR count). The lowest BCUT2D eigenvalue weighted by Crippen LogP contribution is -2.05. The number of carbonyl (C=O) groups is 1. The zero-order chi connectivity index (χ0) is 13.8. The lowest BCUT2D eigenvalue weighted by atomic mass is 10.1. The highest BCUT2D eigenvalue weighted by Gasteiger charge is 2.15. The van der Waals surface area contributed by atoms with Gasteiger partial charge in [-0.15, -0.1) is 0 Å². The summed E-state index contributed by atoms with van der Waals surface area (Å²) in [5.74, 6) is -2.11. The van der Waals surface area contributed by atoms with Gasteiger partial charge in [-0.1, -0.05) is 35.9 Å². The minimum absolute atomic E-state index is 0.126. The van der Waals surface area contributed by atoms with Gasteiger partial charge in [-0.25, -0.2) is 9.18 Å². The number of rotatable bonds is 4. The molecule has 3 nitrogen and oxygen atoms in total. The molecule has 0 fully saturated rings. The van der Waals surface area contributed by atoms with Crippen molar-refractivity contribution < 1.29 is 19.0 Å². The fraction of sp³-hybridized carbons (Fsp3) is 0.133. The first kappa shape index (κ1) is 13.1. The fourth-order valence-electron chi connectivity index (χ4n) is 1.66. The van der Waals surface area contributed by atoms with E-state index in [0.717, 1.165) is 11.1 Å². The molecule has 0 atom stereocenters. The first-order chi connectivity index (χ1) is 9.08. The smallest absolute Gasteiger partial charge is 0.339 e. The molecule has 98 valence electrons. The number of benzene rings is 2. The highest BCUT2D eigenvalue weighted by Crippen LogP contribution is 2.23. The number of halogens is 1. The van der Waals surface area contributed by atoms with Gasteiger partial charge in [0.2, 0.25) is 0 Å². The molecule has 0 aromatic heterocycles. The molecule has 0 aliphatic rings. The Balaban J connectivity index is 2.19. The van der Waals surface area contributed by atoms with Gasteiger partial charge in [-0.2, -0.15) is 0 Å². The van der Waals surface area contributed by atoms with Crippen molar-refractivity contribution >= 4 is 5.97 Å². The van der Waals surface area contributed by atoms with E-state index in [1.54, 1.807) is 0 Å². The summed E-state index contributed by atoms with van der Waals surface area (Å²) in [5, 5.41) is 8.98. The highest BCUT2D eigenvalue weighted by atomic mass is 19.1. The topological polar surface area (TPSA) is 46.5 Å². The van der Waals surface area contributed by atoms with E-state index in [9.17, 15) is 9.18 Å². The lowest BCUT2D eigenvalue weighted by Gasteiger charge is -2.10. The maximum atomic E-state index is 13.6. The Morgan fingerprint density at radius 2 is 1.89 bits per heavy atom. The normalized spacial score (nSPS) is 10.2. The van der Waals surface area contributed by atoms with Crippen molar-refractivity contribution in [1.82, 2.24) is 0 Å². The van der Waals surface area contributed by atoms with Crippen LogP contribution in [-0.2, 0) is 6.61 Å². The number of hydrogen-bond acceptors (Lipinski definition) is 2. The molecule has 0 bridgehead atoms. The maximum Gasteiger partial charge on any atom is 0.339 e. The SMILES string of the molecule is Cc1ccc(COc2c(F)cccc2C(=O)O)cc1. The van der Waals surface area contributed by atoms with Crippen LogP contribution in [0.3, 0.4) is 0 Å². The van der Waals surface area contributed by atoms with Gasteiger partial charge in [-0.05, 0) is 24.6 Å². The number of ether oxygens (including phenoxy) is 1. The zero-order valence-corrected chi connectivity index (χ0v) is 10.4. The number of aryl methyl sites for hydroxylation is 1. The Morgan fingerprint density at radius 3 is 2.53 bits per heavy atom. The molecular weight excluding hydrogens is 247 g/mol. The summed E-state index contributed by atoms with van der Waals surface area (Å²) >= 11 is 0. The molecule has 0 saturated heterocycles. The minimum atomic E-state index is -1.21. The van der Waals surface area contributed by atoms with E-state index in [-0.39, 0.29) is 17.9 Å². The molecular formula is C15H13FO3. The van der Waals surface area contributed by atoms with Gasteiger partial charge >= 0.3 is 5.97 Å². The van der Waals surface area contributed by atoms with E-state index < -0.39 is 11.8 Å². The summed E-state index contributed by atoms with van der Waals surface area (Å²) in [6, 6.07) is 11.4. The van der Waals surface area contributed by atoms with Gasteiger partial charge in [-0.3, -0.25) is 0 Å². The van der Waals surface area contributed by atoms with Gasteiger partial charge < -0.3 is 9.84 Å². The standard InChI is InChI=1S/C15H13FO3/c1-10-5-7-11(8-6-10)9-19-14-12(15(17)18)3-2-4-13(14)16/h2-8H,9H2,1H3,(H,17,18). The van der Waals surface area contributed by atoms with Crippen molar-refractivity contribution in [3.63, 3.8) is 0 Å². The van der Waals surface area contributed by atoms with Crippen molar-refractivity contribution in [2.75, 3.05) is 0 Å². The molecule has 0 aliphatic heterocycles. The molecule has 19 heavy (non-hydrogen) atoms. The van der Waals surface area contributed by atoms with E-state index in [0.29, 0.717) is 0 Å². The second-order valence-electron chi connectivity index (χ2n) is 4.20. The monoisotopic (exact) mass is 260 g/mol. The third kappa shape index (κ3) is 3.10. The molecule has 4 heteroatoms. The third-order valence-corrected chi connectivity index (χ3v) is 2.70. The van der Waals surface area contributed by atoms with Crippen LogP contribution < -0.4 is 4.74 Å². The van der Waals surface area contributed by atoms with E-state index in [4.69, 9.17) is 9.84 Å². The van der Waals surface area contributed by atoms with Crippen LogP contribution in [0.15, 0.2) is 42.5 Å². The predicted molar refractivity (Wildman–Crippen MR) is 68.9 cm³/mol. The van der Waals surface area contributed by atoms with E-state index in [1.165, 1.54) is 18.2 Å². The van der Waals surface area contributed by atoms with Gasteiger partial charge in [0.1, 0.15) is 12.2 Å². The van der Waals surface area contributed by atoms with E-state index in [2.05, 4.69) is 0 Å².